The highest BCUT2D eigenvalue weighted by Crippen LogP contribution is 2.16. The second kappa shape index (κ2) is 8.41. The predicted molar refractivity (Wildman–Crippen MR) is 106 cm³/mol. The number of hydrogen-bond donors (Lipinski definition) is 0. The molecule has 0 spiro atoms. The van der Waals surface area contributed by atoms with E-state index in [0.29, 0.717) is 29.7 Å². The first-order valence-electron chi connectivity index (χ1n) is 8.94. The van der Waals surface area contributed by atoms with E-state index in [1.807, 2.05) is 12.1 Å². The molecule has 3 aromatic heterocycles. The van der Waals surface area contributed by atoms with Crippen LogP contribution in [0.15, 0.2) is 59.8 Å². The van der Waals surface area contributed by atoms with Crippen molar-refractivity contribution in [2.75, 3.05) is 31.2 Å². The number of pyridine rings is 3. The van der Waals surface area contributed by atoms with Gasteiger partial charge in [0.2, 0.25) is 0 Å². The quantitative estimate of drug-likeness (QED) is 0.658. The van der Waals surface area contributed by atoms with E-state index in [0.717, 1.165) is 24.6 Å². The van der Waals surface area contributed by atoms with Crippen molar-refractivity contribution in [3.05, 3.63) is 76.1 Å². The molecule has 3 aromatic rings. The van der Waals surface area contributed by atoms with Crippen LogP contribution in [0.2, 0.25) is 5.02 Å². The number of morpholine rings is 1. The van der Waals surface area contributed by atoms with Crippen LogP contribution in [0.5, 0.6) is 5.75 Å². The minimum absolute atomic E-state index is 0.192. The Morgan fingerprint density at radius 2 is 1.93 bits per heavy atom. The van der Waals surface area contributed by atoms with Gasteiger partial charge in [0.15, 0.2) is 0 Å². The number of nitrogens with zero attached hydrogens (tertiary/aromatic N) is 4. The molecule has 1 aliphatic rings. The van der Waals surface area contributed by atoms with Crippen molar-refractivity contribution in [3.63, 3.8) is 0 Å². The predicted octanol–water partition coefficient (Wildman–Crippen LogP) is 2.70. The fourth-order valence-corrected chi connectivity index (χ4v) is 3.03. The maximum Gasteiger partial charge on any atom is 0.258 e. The first kappa shape index (κ1) is 18.5. The third kappa shape index (κ3) is 4.32. The van der Waals surface area contributed by atoms with E-state index in [1.54, 1.807) is 36.8 Å². The summed E-state index contributed by atoms with van der Waals surface area (Å²) < 4.78 is 12.5. The first-order chi connectivity index (χ1) is 13.7. The molecule has 4 rings (SSSR count). The zero-order chi connectivity index (χ0) is 19.3. The van der Waals surface area contributed by atoms with E-state index in [2.05, 4.69) is 14.9 Å². The van der Waals surface area contributed by atoms with Gasteiger partial charge in [-0.25, -0.2) is 4.98 Å². The molecule has 1 fully saturated rings. The molecule has 8 heteroatoms. The second-order valence-electron chi connectivity index (χ2n) is 6.30. The fraction of sp³-hybridized carbons (Fsp3) is 0.250. The Kier molecular flexibility index (Phi) is 5.55. The minimum atomic E-state index is -0.192. The minimum Gasteiger partial charge on any atom is -0.487 e. The van der Waals surface area contributed by atoms with Crippen molar-refractivity contribution in [2.24, 2.45) is 0 Å². The summed E-state index contributed by atoms with van der Waals surface area (Å²) in [6, 6.07) is 10.5. The largest absolute Gasteiger partial charge is 0.487 e. The summed E-state index contributed by atoms with van der Waals surface area (Å²) >= 11 is 5.82. The topological polar surface area (TPSA) is 69.5 Å². The van der Waals surface area contributed by atoms with Crippen molar-refractivity contribution in [3.8, 4) is 11.4 Å². The van der Waals surface area contributed by atoms with Crippen LogP contribution in [0.4, 0.5) is 5.82 Å². The molecular weight excluding hydrogens is 380 g/mol. The molecule has 0 saturated carbocycles. The van der Waals surface area contributed by atoms with Crippen molar-refractivity contribution < 1.29 is 9.47 Å². The summed E-state index contributed by atoms with van der Waals surface area (Å²) in [5.41, 5.74) is 1.24. The van der Waals surface area contributed by atoms with Crippen molar-refractivity contribution in [1.82, 2.24) is 14.5 Å². The SMILES string of the molecule is O=c1cc(OCc2ccc(Cl)cn2)ccn1-c1ccc(N2CCOCC2)nc1. The van der Waals surface area contributed by atoms with Crippen LogP contribution < -0.4 is 15.2 Å². The van der Waals surface area contributed by atoms with Gasteiger partial charge in [0.1, 0.15) is 18.2 Å². The maximum absolute atomic E-state index is 12.5. The molecule has 0 aromatic carbocycles. The van der Waals surface area contributed by atoms with Crippen LogP contribution in [0, 0.1) is 0 Å². The van der Waals surface area contributed by atoms with E-state index < -0.39 is 0 Å². The molecule has 4 heterocycles. The van der Waals surface area contributed by atoms with Crippen LogP contribution in [0.3, 0.4) is 0 Å². The average Bonchev–Trinajstić information content (AvgIpc) is 2.74. The smallest absolute Gasteiger partial charge is 0.258 e. The third-order valence-corrected chi connectivity index (χ3v) is 4.64. The van der Waals surface area contributed by atoms with Gasteiger partial charge in [0, 0.05) is 31.5 Å². The Balaban J connectivity index is 1.45. The normalized spacial score (nSPS) is 14.1. The Hall–Kier alpha value is -2.90. The van der Waals surface area contributed by atoms with E-state index in [9.17, 15) is 4.79 Å². The second-order valence-corrected chi connectivity index (χ2v) is 6.74. The molecule has 144 valence electrons. The molecule has 0 amide bonds. The van der Waals surface area contributed by atoms with E-state index in [1.165, 1.54) is 10.6 Å². The number of halogens is 1. The Morgan fingerprint density at radius 1 is 1.07 bits per heavy atom. The van der Waals surface area contributed by atoms with Crippen LogP contribution in [0.25, 0.3) is 5.69 Å². The van der Waals surface area contributed by atoms with E-state index in [4.69, 9.17) is 21.1 Å². The van der Waals surface area contributed by atoms with E-state index in [-0.39, 0.29) is 12.2 Å². The number of hydrogen-bond acceptors (Lipinski definition) is 6. The van der Waals surface area contributed by atoms with Crippen molar-refractivity contribution >= 4 is 17.4 Å². The van der Waals surface area contributed by atoms with Crippen LogP contribution in [-0.2, 0) is 11.3 Å². The molecular formula is C20H19ClN4O3. The van der Waals surface area contributed by atoms with E-state index >= 15 is 0 Å². The number of ether oxygens (including phenoxy) is 2. The number of rotatable bonds is 5. The van der Waals surface area contributed by atoms with Gasteiger partial charge >= 0.3 is 0 Å². The van der Waals surface area contributed by atoms with Gasteiger partial charge in [-0.3, -0.25) is 14.3 Å². The van der Waals surface area contributed by atoms with Gasteiger partial charge in [-0.15, -0.1) is 0 Å². The van der Waals surface area contributed by atoms with Gasteiger partial charge < -0.3 is 14.4 Å². The van der Waals surface area contributed by atoms with Gasteiger partial charge in [-0.2, -0.15) is 0 Å². The molecule has 1 saturated heterocycles. The zero-order valence-corrected chi connectivity index (χ0v) is 15.9. The lowest BCUT2D eigenvalue weighted by Crippen LogP contribution is -2.36. The van der Waals surface area contributed by atoms with Crippen molar-refractivity contribution in [1.29, 1.82) is 0 Å². The fourth-order valence-electron chi connectivity index (χ4n) is 2.91. The maximum atomic E-state index is 12.5. The molecule has 28 heavy (non-hydrogen) atoms. The summed E-state index contributed by atoms with van der Waals surface area (Å²) in [4.78, 5) is 23.3. The Bertz CT molecular complexity index is 984. The van der Waals surface area contributed by atoms with Crippen LogP contribution in [0.1, 0.15) is 5.69 Å². The number of anilines is 1. The number of aromatic nitrogens is 3. The highest BCUT2D eigenvalue weighted by atomic mass is 35.5. The molecule has 0 bridgehead atoms. The van der Waals surface area contributed by atoms with Crippen molar-refractivity contribution in [2.45, 2.75) is 6.61 Å². The van der Waals surface area contributed by atoms with Crippen LogP contribution in [-0.4, -0.2) is 40.8 Å². The van der Waals surface area contributed by atoms with Crippen LogP contribution >= 0.6 is 11.6 Å². The average molecular weight is 399 g/mol. The lowest BCUT2D eigenvalue weighted by atomic mass is 10.3. The molecule has 0 radical (unpaired) electrons. The highest BCUT2D eigenvalue weighted by molar-refractivity contribution is 6.30. The molecule has 0 aliphatic carbocycles. The summed E-state index contributed by atoms with van der Waals surface area (Å²) in [5.74, 6) is 1.37. The molecule has 0 atom stereocenters. The summed E-state index contributed by atoms with van der Waals surface area (Å²) in [7, 11) is 0. The molecule has 1 aliphatic heterocycles. The zero-order valence-electron chi connectivity index (χ0n) is 15.1. The lowest BCUT2D eigenvalue weighted by Gasteiger charge is -2.27. The molecule has 0 N–H and O–H groups in total. The van der Waals surface area contributed by atoms with Gasteiger partial charge in [0.25, 0.3) is 5.56 Å². The molecule has 0 unspecified atom stereocenters. The highest BCUT2D eigenvalue weighted by Gasteiger charge is 2.12. The summed E-state index contributed by atoms with van der Waals surface area (Å²) in [6.07, 6.45) is 4.94. The molecule has 7 nitrogen and oxygen atoms in total. The monoisotopic (exact) mass is 398 g/mol. The summed E-state index contributed by atoms with van der Waals surface area (Å²) in [5, 5.41) is 0.569. The van der Waals surface area contributed by atoms with Gasteiger partial charge in [0.05, 0.1) is 35.8 Å². The van der Waals surface area contributed by atoms with Gasteiger partial charge in [-0.05, 0) is 30.3 Å². The summed E-state index contributed by atoms with van der Waals surface area (Å²) in [6.45, 7) is 3.31. The van der Waals surface area contributed by atoms with Gasteiger partial charge in [-0.1, -0.05) is 11.6 Å². The first-order valence-corrected chi connectivity index (χ1v) is 9.32. The standard InChI is InChI=1S/C20H19ClN4O3/c21-15-1-2-16(22-12-15)14-28-18-5-6-25(20(26)11-18)17-3-4-19(23-13-17)24-7-9-27-10-8-24/h1-6,11-13H,7-10,14H2. The lowest BCUT2D eigenvalue weighted by molar-refractivity contribution is 0.122. The Labute approximate surface area is 167 Å². The Morgan fingerprint density at radius 3 is 2.61 bits per heavy atom. The third-order valence-electron chi connectivity index (χ3n) is 4.41.